The molecule has 0 saturated carbocycles. The fraction of sp³-hybridized carbons (Fsp3) is 0.160. The summed E-state index contributed by atoms with van der Waals surface area (Å²) in [4.78, 5) is 0. The van der Waals surface area contributed by atoms with Gasteiger partial charge in [0.25, 0.3) is 0 Å². The molecule has 3 nitrogen and oxygen atoms in total. The molecule has 28 heavy (non-hydrogen) atoms. The predicted octanol–water partition coefficient (Wildman–Crippen LogP) is 6.34. The van der Waals surface area contributed by atoms with E-state index >= 15 is 0 Å². The Bertz CT molecular complexity index is 1060. The zero-order chi connectivity index (χ0) is 19.5. The molecule has 0 N–H and O–H groups in total. The van der Waals surface area contributed by atoms with Crippen molar-refractivity contribution in [2.24, 2.45) is 0 Å². The van der Waals surface area contributed by atoms with Crippen LogP contribution < -0.4 is 4.74 Å². The van der Waals surface area contributed by atoms with Crippen LogP contribution >= 0.6 is 0 Å². The molecule has 0 aliphatic heterocycles. The average molecular weight is 368 g/mol. The van der Waals surface area contributed by atoms with Gasteiger partial charge < -0.3 is 4.74 Å². The molecule has 1 aromatic heterocycles. The summed E-state index contributed by atoms with van der Waals surface area (Å²) in [5.41, 5.74) is 6.43. The van der Waals surface area contributed by atoms with Gasteiger partial charge in [-0.25, -0.2) is 4.68 Å². The second kappa shape index (κ2) is 7.73. The maximum atomic E-state index is 5.55. The molecular formula is C25H24N2O. The van der Waals surface area contributed by atoms with E-state index < -0.39 is 0 Å². The molecule has 0 fully saturated rings. The molecule has 0 unspecified atom stereocenters. The molecule has 0 amide bonds. The van der Waals surface area contributed by atoms with Gasteiger partial charge in [-0.3, -0.25) is 0 Å². The van der Waals surface area contributed by atoms with Gasteiger partial charge in [-0.2, -0.15) is 5.10 Å². The molecule has 0 aliphatic rings. The maximum Gasteiger partial charge on any atom is 0.128 e. The van der Waals surface area contributed by atoms with Crippen LogP contribution in [0.4, 0.5) is 0 Å². The molecule has 0 atom stereocenters. The minimum Gasteiger partial charge on any atom is -0.496 e. The molecule has 140 valence electrons. The highest BCUT2D eigenvalue weighted by atomic mass is 16.5. The third kappa shape index (κ3) is 3.44. The molecule has 0 bridgehead atoms. The monoisotopic (exact) mass is 368 g/mol. The Morgan fingerprint density at radius 2 is 1.50 bits per heavy atom. The van der Waals surface area contributed by atoms with Crippen LogP contribution in [0.25, 0.3) is 28.2 Å². The van der Waals surface area contributed by atoms with Crippen LogP contribution in [0.2, 0.25) is 0 Å². The van der Waals surface area contributed by atoms with E-state index in [2.05, 4.69) is 68.4 Å². The van der Waals surface area contributed by atoms with Gasteiger partial charge in [-0.15, -0.1) is 0 Å². The van der Waals surface area contributed by atoms with Crippen molar-refractivity contribution in [1.82, 2.24) is 9.78 Å². The van der Waals surface area contributed by atoms with E-state index in [1.165, 1.54) is 5.56 Å². The Morgan fingerprint density at radius 1 is 0.821 bits per heavy atom. The second-order valence-corrected chi connectivity index (χ2v) is 7.14. The minimum atomic E-state index is 0.504. The fourth-order valence-electron chi connectivity index (χ4n) is 3.38. The highest BCUT2D eigenvalue weighted by Gasteiger charge is 2.15. The third-order valence-corrected chi connectivity index (χ3v) is 4.97. The van der Waals surface area contributed by atoms with Crippen LogP contribution in [0.1, 0.15) is 25.3 Å². The normalized spacial score (nSPS) is 11.0. The predicted molar refractivity (Wildman–Crippen MR) is 115 cm³/mol. The molecule has 4 rings (SSSR count). The number of rotatable bonds is 5. The summed E-state index contributed by atoms with van der Waals surface area (Å²) in [6.45, 7) is 4.41. The van der Waals surface area contributed by atoms with Gasteiger partial charge in [0.2, 0.25) is 0 Å². The van der Waals surface area contributed by atoms with E-state index in [0.717, 1.165) is 34.0 Å². The summed E-state index contributed by atoms with van der Waals surface area (Å²) in [6, 6.07) is 29.1. The largest absolute Gasteiger partial charge is 0.496 e. The lowest BCUT2D eigenvalue weighted by Crippen LogP contribution is -2.00. The summed E-state index contributed by atoms with van der Waals surface area (Å²) in [5, 5.41) is 4.95. The number of benzene rings is 3. The van der Waals surface area contributed by atoms with Crippen LogP contribution in [-0.2, 0) is 0 Å². The van der Waals surface area contributed by atoms with E-state index in [4.69, 9.17) is 9.84 Å². The number of nitrogens with zero attached hydrogens (tertiary/aromatic N) is 2. The zero-order valence-electron chi connectivity index (χ0n) is 16.5. The standard InChI is InChI=1S/C25H24N2O/c1-18(2)19-13-15-21(16-14-19)27-24(20-9-5-4-6-10-20)17-23(26-27)22-11-7-8-12-25(22)28-3/h4-18H,1-3H3. The first-order chi connectivity index (χ1) is 13.7. The van der Waals surface area contributed by atoms with Gasteiger partial charge in [0.15, 0.2) is 0 Å². The van der Waals surface area contributed by atoms with E-state index in [0.29, 0.717) is 5.92 Å². The van der Waals surface area contributed by atoms with Crippen molar-refractivity contribution in [2.45, 2.75) is 19.8 Å². The Labute approximate surface area is 166 Å². The zero-order valence-corrected chi connectivity index (χ0v) is 16.5. The number of hydrogen-bond acceptors (Lipinski definition) is 2. The second-order valence-electron chi connectivity index (χ2n) is 7.14. The van der Waals surface area contributed by atoms with Crippen molar-refractivity contribution in [3.05, 3.63) is 90.5 Å². The Hall–Kier alpha value is -3.33. The molecule has 0 aliphatic carbocycles. The smallest absolute Gasteiger partial charge is 0.128 e. The van der Waals surface area contributed by atoms with Crippen molar-refractivity contribution in [1.29, 1.82) is 0 Å². The number of ether oxygens (including phenoxy) is 1. The van der Waals surface area contributed by atoms with Crippen molar-refractivity contribution in [2.75, 3.05) is 7.11 Å². The van der Waals surface area contributed by atoms with Crippen molar-refractivity contribution >= 4 is 0 Å². The molecule has 0 radical (unpaired) electrons. The molecule has 1 heterocycles. The first-order valence-electron chi connectivity index (χ1n) is 9.56. The van der Waals surface area contributed by atoms with Gasteiger partial charge in [-0.1, -0.05) is 68.4 Å². The first kappa shape index (κ1) is 18.1. The van der Waals surface area contributed by atoms with Crippen LogP contribution in [0.3, 0.4) is 0 Å². The van der Waals surface area contributed by atoms with Gasteiger partial charge in [0.05, 0.1) is 24.2 Å². The topological polar surface area (TPSA) is 27.1 Å². The van der Waals surface area contributed by atoms with Crippen LogP contribution in [-0.4, -0.2) is 16.9 Å². The number of hydrogen-bond donors (Lipinski definition) is 0. The molecule has 3 aromatic carbocycles. The number of methoxy groups -OCH3 is 1. The van der Waals surface area contributed by atoms with Crippen LogP contribution in [0.15, 0.2) is 84.9 Å². The van der Waals surface area contributed by atoms with Gasteiger partial charge in [-0.05, 0) is 41.8 Å². The van der Waals surface area contributed by atoms with Crippen molar-refractivity contribution < 1.29 is 4.74 Å². The Balaban J connectivity index is 1.88. The van der Waals surface area contributed by atoms with Crippen LogP contribution in [0, 0.1) is 0 Å². The Morgan fingerprint density at radius 3 is 2.18 bits per heavy atom. The Kier molecular flexibility index (Phi) is 4.98. The summed E-state index contributed by atoms with van der Waals surface area (Å²) >= 11 is 0. The lowest BCUT2D eigenvalue weighted by atomic mass is 10.0. The third-order valence-electron chi connectivity index (χ3n) is 4.97. The van der Waals surface area contributed by atoms with E-state index in [9.17, 15) is 0 Å². The number of para-hydroxylation sites is 1. The molecule has 4 aromatic rings. The average Bonchev–Trinajstić information content (AvgIpc) is 3.19. The fourth-order valence-corrected chi connectivity index (χ4v) is 3.38. The lowest BCUT2D eigenvalue weighted by molar-refractivity contribution is 0.416. The summed E-state index contributed by atoms with van der Waals surface area (Å²) in [5.74, 6) is 1.33. The number of aromatic nitrogens is 2. The molecular weight excluding hydrogens is 344 g/mol. The van der Waals surface area contributed by atoms with Crippen LogP contribution in [0.5, 0.6) is 5.75 Å². The van der Waals surface area contributed by atoms with E-state index in [1.807, 2.05) is 35.0 Å². The lowest BCUT2D eigenvalue weighted by Gasteiger charge is -2.10. The van der Waals surface area contributed by atoms with Gasteiger partial charge >= 0.3 is 0 Å². The molecule has 0 saturated heterocycles. The summed E-state index contributed by atoms with van der Waals surface area (Å²) < 4.78 is 7.57. The highest BCUT2D eigenvalue weighted by molar-refractivity contribution is 5.73. The van der Waals surface area contributed by atoms with E-state index in [-0.39, 0.29) is 0 Å². The quantitative estimate of drug-likeness (QED) is 0.411. The summed E-state index contributed by atoms with van der Waals surface area (Å²) in [7, 11) is 1.69. The molecule has 3 heteroatoms. The minimum absolute atomic E-state index is 0.504. The van der Waals surface area contributed by atoms with Crippen molar-refractivity contribution in [3.8, 4) is 34.0 Å². The van der Waals surface area contributed by atoms with Gasteiger partial charge in [0.1, 0.15) is 5.75 Å². The molecule has 0 spiro atoms. The summed E-state index contributed by atoms with van der Waals surface area (Å²) in [6.07, 6.45) is 0. The SMILES string of the molecule is COc1ccccc1-c1cc(-c2ccccc2)n(-c2ccc(C(C)C)cc2)n1. The van der Waals surface area contributed by atoms with Crippen molar-refractivity contribution in [3.63, 3.8) is 0 Å². The van der Waals surface area contributed by atoms with E-state index in [1.54, 1.807) is 7.11 Å². The van der Waals surface area contributed by atoms with Gasteiger partial charge in [0, 0.05) is 11.1 Å². The maximum absolute atomic E-state index is 5.55. The first-order valence-corrected chi connectivity index (χ1v) is 9.56. The highest BCUT2D eigenvalue weighted by Crippen LogP contribution is 2.33.